The molecule has 0 radical (unpaired) electrons. The minimum atomic E-state index is 0.0758. The van der Waals surface area contributed by atoms with Gasteiger partial charge in [0, 0.05) is 19.3 Å². The van der Waals surface area contributed by atoms with E-state index in [4.69, 9.17) is 0 Å². The first-order chi connectivity index (χ1) is 8.27. The summed E-state index contributed by atoms with van der Waals surface area (Å²) in [6, 6.07) is 0.741. The molecule has 0 saturated carbocycles. The lowest BCUT2D eigenvalue weighted by Gasteiger charge is -2.43. The molecule has 0 spiro atoms. The fraction of sp³-hybridized carbons (Fsp3) is 0.846. The Morgan fingerprint density at radius 3 is 2.41 bits per heavy atom. The standard InChI is InChI=1S/C13H20N2O2/c16-12-6-7-13(17)15(12)11-5-3-9-14-8-2-1-4-10(11)14/h10-11H,1-9H2/p+1/t10-,11-/m0/s1. The Bertz CT molecular complexity index is 324. The monoisotopic (exact) mass is 237 g/mol. The number of hydrogen-bond donors (Lipinski definition) is 1. The third-order valence-corrected chi connectivity index (χ3v) is 4.67. The van der Waals surface area contributed by atoms with Crippen LogP contribution in [0.5, 0.6) is 0 Å². The van der Waals surface area contributed by atoms with Crippen LogP contribution >= 0.6 is 0 Å². The van der Waals surface area contributed by atoms with Crippen LogP contribution in [0.4, 0.5) is 0 Å². The molecule has 3 heterocycles. The van der Waals surface area contributed by atoms with Gasteiger partial charge in [0.2, 0.25) is 11.8 Å². The molecule has 4 nitrogen and oxygen atoms in total. The van der Waals surface area contributed by atoms with Crippen LogP contribution in [0.1, 0.15) is 44.9 Å². The van der Waals surface area contributed by atoms with Crippen LogP contribution in [0.2, 0.25) is 0 Å². The lowest BCUT2D eigenvalue weighted by Crippen LogP contribution is -3.19. The van der Waals surface area contributed by atoms with Gasteiger partial charge < -0.3 is 4.90 Å². The Kier molecular flexibility index (Phi) is 2.90. The highest BCUT2D eigenvalue weighted by atomic mass is 16.2. The second-order valence-electron chi connectivity index (χ2n) is 5.63. The van der Waals surface area contributed by atoms with Crippen LogP contribution in [-0.4, -0.2) is 41.9 Å². The Labute approximate surface area is 102 Å². The van der Waals surface area contributed by atoms with Gasteiger partial charge in [-0.15, -0.1) is 0 Å². The Morgan fingerprint density at radius 2 is 1.65 bits per heavy atom. The zero-order chi connectivity index (χ0) is 11.8. The highest BCUT2D eigenvalue weighted by molar-refractivity contribution is 6.02. The predicted octanol–water partition coefficient (Wildman–Crippen LogP) is -0.265. The SMILES string of the molecule is O=C1CCC(=O)N1[C@H]1CCC[NH+]2CCCC[C@@H]12. The zero-order valence-electron chi connectivity index (χ0n) is 10.3. The van der Waals surface area contributed by atoms with Crippen LogP contribution in [0.25, 0.3) is 0 Å². The molecule has 0 bridgehead atoms. The number of rotatable bonds is 1. The number of hydrogen-bond acceptors (Lipinski definition) is 2. The normalized spacial score (nSPS) is 38.4. The number of imide groups is 1. The molecule has 3 fully saturated rings. The number of amides is 2. The highest BCUT2D eigenvalue weighted by Crippen LogP contribution is 2.24. The average Bonchev–Trinajstić information content (AvgIpc) is 2.69. The summed E-state index contributed by atoms with van der Waals surface area (Å²) in [6.45, 7) is 2.47. The van der Waals surface area contributed by atoms with E-state index < -0.39 is 0 Å². The van der Waals surface area contributed by atoms with E-state index in [0.717, 1.165) is 12.8 Å². The first kappa shape index (κ1) is 11.2. The van der Waals surface area contributed by atoms with Crippen molar-refractivity contribution in [3.63, 3.8) is 0 Å². The fourth-order valence-corrected chi connectivity index (χ4v) is 3.89. The molecular weight excluding hydrogens is 216 g/mol. The smallest absolute Gasteiger partial charge is 0.230 e. The van der Waals surface area contributed by atoms with Crippen molar-refractivity contribution in [1.29, 1.82) is 0 Å². The molecule has 3 rings (SSSR count). The topological polar surface area (TPSA) is 41.8 Å². The minimum absolute atomic E-state index is 0.0758. The van der Waals surface area contributed by atoms with Crippen molar-refractivity contribution in [3.05, 3.63) is 0 Å². The van der Waals surface area contributed by atoms with Crippen molar-refractivity contribution in [2.45, 2.75) is 57.0 Å². The van der Waals surface area contributed by atoms with Gasteiger partial charge >= 0.3 is 0 Å². The van der Waals surface area contributed by atoms with Crippen molar-refractivity contribution in [1.82, 2.24) is 4.90 Å². The first-order valence-electron chi connectivity index (χ1n) is 6.97. The zero-order valence-corrected chi connectivity index (χ0v) is 10.3. The van der Waals surface area contributed by atoms with Crippen molar-refractivity contribution in [3.8, 4) is 0 Å². The van der Waals surface area contributed by atoms with E-state index >= 15 is 0 Å². The number of nitrogens with one attached hydrogen (secondary N) is 1. The second-order valence-corrected chi connectivity index (χ2v) is 5.63. The largest absolute Gasteiger partial charge is 0.331 e. The van der Waals surface area contributed by atoms with Crippen molar-refractivity contribution < 1.29 is 14.5 Å². The van der Waals surface area contributed by atoms with Gasteiger partial charge in [0.15, 0.2) is 0 Å². The van der Waals surface area contributed by atoms with Crippen LogP contribution in [-0.2, 0) is 9.59 Å². The van der Waals surface area contributed by atoms with Crippen LogP contribution in [0, 0.1) is 0 Å². The lowest BCUT2D eigenvalue weighted by molar-refractivity contribution is -0.937. The maximum atomic E-state index is 11.9. The Hall–Kier alpha value is -0.900. The van der Waals surface area contributed by atoms with Crippen LogP contribution < -0.4 is 4.90 Å². The maximum Gasteiger partial charge on any atom is 0.230 e. The number of piperidine rings is 2. The molecule has 0 aromatic heterocycles. The summed E-state index contributed by atoms with van der Waals surface area (Å²) in [5.74, 6) is 0.152. The maximum absolute atomic E-state index is 11.9. The van der Waals surface area contributed by atoms with Crippen LogP contribution in [0.15, 0.2) is 0 Å². The molecule has 2 amide bonds. The molecule has 3 atom stereocenters. The third-order valence-electron chi connectivity index (χ3n) is 4.67. The highest BCUT2D eigenvalue weighted by Gasteiger charge is 2.45. The quantitative estimate of drug-likeness (QED) is 0.638. The van der Waals surface area contributed by atoms with Gasteiger partial charge in [0.1, 0.15) is 6.04 Å². The van der Waals surface area contributed by atoms with Gasteiger partial charge in [-0.25, -0.2) is 0 Å². The molecule has 0 aliphatic carbocycles. The van der Waals surface area contributed by atoms with Crippen LogP contribution in [0.3, 0.4) is 0 Å². The van der Waals surface area contributed by atoms with E-state index in [1.54, 1.807) is 9.80 Å². The van der Waals surface area contributed by atoms with Crippen molar-refractivity contribution >= 4 is 11.8 Å². The predicted molar refractivity (Wildman–Crippen MR) is 62.4 cm³/mol. The van der Waals surface area contributed by atoms with Gasteiger partial charge in [-0.3, -0.25) is 14.5 Å². The van der Waals surface area contributed by atoms with Gasteiger partial charge in [0.05, 0.1) is 19.1 Å². The Balaban J connectivity index is 1.80. The summed E-state index contributed by atoms with van der Waals surface area (Å²) in [7, 11) is 0. The number of carbonyl (C=O) groups is 2. The van der Waals surface area contributed by atoms with E-state index in [9.17, 15) is 9.59 Å². The molecular formula is C13H21N2O2+. The molecule has 4 heteroatoms. The molecule has 0 aromatic carbocycles. The molecule has 3 aliphatic rings. The summed E-state index contributed by atoms with van der Waals surface area (Å²) in [5, 5.41) is 0. The third kappa shape index (κ3) is 1.88. The lowest BCUT2D eigenvalue weighted by atomic mass is 9.88. The van der Waals surface area contributed by atoms with E-state index in [1.807, 2.05) is 0 Å². The second kappa shape index (κ2) is 4.41. The molecule has 94 valence electrons. The molecule has 1 N–H and O–H groups in total. The van der Waals surface area contributed by atoms with E-state index in [2.05, 4.69) is 0 Å². The van der Waals surface area contributed by atoms with Gasteiger partial charge in [-0.2, -0.15) is 0 Å². The summed E-state index contributed by atoms with van der Waals surface area (Å²) < 4.78 is 0. The van der Waals surface area contributed by atoms with Gasteiger partial charge in [-0.1, -0.05) is 0 Å². The molecule has 3 saturated heterocycles. The van der Waals surface area contributed by atoms with E-state index in [-0.39, 0.29) is 17.9 Å². The van der Waals surface area contributed by atoms with Gasteiger partial charge in [0.25, 0.3) is 0 Å². The van der Waals surface area contributed by atoms with E-state index in [1.165, 1.54) is 32.4 Å². The van der Waals surface area contributed by atoms with E-state index in [0.29, 0.717) is 18.9 Å². The number of nitrogens with zero attached hydrogens (tertiary/aromatic N) is 1. The van der Waals surface area contributed by atoms with Crippen molar-refractivity contribution in [2.75, 3.05) is 13.1 Å². The average molecular weight is 237 g/mol. The number of likely N-dealkylation sites (tertiary alicyclic amines) is 1. The summed E-state index contributed by atoms with van der Waals surface area (Å²) >= 11 is 0. The molecule has 3 aliphatic heterocycles. The molecule has 17 heavy (non-hydrogen) atoms. The number of quaternary nitrogens is 1. The first-order valence-corrected chi connectivity index (χ1v) is 6.97. The molecule has 1 unspecified atom stereocenters. The summed E-state index contributed by atoms with van der Waals surface area (Å²) in [4.78, 5) is 27.0. The summed E-state index contributed by atoms with van der Waals surface area (Å²) in [6.07, 6.45) is 6.84. The molecule has 0 aromatic rings. The summed E-state index contributed by atoms with van der Waals surface area (Å²) in [5.41, 5.74) is 0. The number of fused-ring (bicyclic) bond motifs is 1. The van der Waals surface area contributed by atoms with Gasteiger partial charge in [-0.05, 0) is 25.7 Å². The van der Waals surface area contributed by atoms with Crippen molar-refractivity contribution in [2.24, 2.45) is 0 Å². The Morgan fingerprint density at radius 1 is 0.941 bits per heavy atom. The number of carbonyl (C=O) groups excluding carboxylic acids is 2. The fourth-order valence-electron chi connectivity index (χ4n) is 3.89. The minimum Gasteiger partial charge on any atom is -0.331 e.